The van der Waals surface area contributed by atoms with Crippen molar-refractivity contribution in [1.82, 2.24) is 0 Å². The molecule has 2 heteroatoms. The van der Waals surface area contributed by atoms with Crippen molar-refractivity contribution in [2.45, 2.75) is 17.1 Å². The zero-order chi connectivity index (χ0) is 17.3. The van der Waals surface area contributed by atoms with Crippen LogP contribution >= 0.6 is 0 Å². The van der Waals surface area contributed by atoms with Gasteiger partial charge >= 0.3 is 164 Å². The Kier molecular flexibility index (Phi) is 4.89. The van der Waals surface area contributed by atoms with Gasteiger partial charge in [0.2, 0.25) is 0 Å². The van der Waals surface area contributed by atoms with Crippen LogP contribution in [0.25, 0.3) is 0 Å². The average Bonchev–Trinajstić information content (AvgIpc) is 2.81. The molecule has 25 heavy (non-hydrogen) atoms. The molecule has 2 atom stereocenters. The molecule has 0 aliphatic heterocycles. The van der Waals surface area contributed by atoms with Crippen LogP contribution in [-0.4, -0.2) is 29.9 Å². The van der Waals surface area contributed by atoms with Gasteiger partial charge in [-0.1, -0.05) is 0 Å². The second kappa shape index (κ2) is 7.14. The van der Waals surface area contributed by atoms with E-state index in [1.807, 2.05) is 0 Å². The quantitative estimate of drug-likeness (QED) is 0.486. The van der Waals surface area contributed by atoms with E-state index in [0.717, 1.165) is 0 Å². The average molecular weight is 456 g/mol. The molecule has 0 aromatic heterocycles. The first-order valence-corrected chi connectivity index (χ1v) is 12.1. The van der Waals surface area contributed by atoms with Gasteiger partial charge < -0.3 is 0 Å². The topological polar surface area (TPSA) is 0 Å². The molecule has 126 valence electrons. The van der Waals surface area contributed by atoms with Gasteiger partial charge in [0.05, 0.1) is 0 Å². The Morgan fingerprint density at radius 1 is 0.640 bits per heavy atom. The van der Waals surface area contributed by atoms with Crippen LogP contribution in [0.5, 0.6) is 0 Å². The fourth-order valence-corrected chi connectivity index (χ4v) is 11.5. The molecule has 4 rings (SSSR count). The van der Waals surface area contributed by atoms with E-state index in [-0.39, 0.29) is 0 Å². The molecule has 2 aromatic rings. The van der Waals surface area contributed by atoms with Crippen LogP contribution in [0, 0.1) is 25.7 Å². The second-order valence-electron chi connectivity index (χ2n) is 6.66. The zero-order valence-electron chi connectivity index (χ0n) is 14.6. The van der Waals surface area contributed by atoms with Gasteiger partial charge in [-0.05, 0) is 0 Å². The Morgan fingerprint density at radius 3 is 1.52 bits per heavy atom. The van der Waals surface area contributed by atoms with Crippen LogP contribution in [0.2, 0.25) is 3.21 Å². The molecule has 0 nitrogen and oxygen atoms in total. The van der Waals surface area contributed by atoms with E-state index in [1.54, 1.807) is 8.92 Å². The van der Waals surface area contributed by atoms with Gasteiger partial charge in [0, 0.05) is 0 Å². The van der Waals surface area contributed by atoms with Gasteiger partial charge in [-0.3, -0.25) is 0 Å². The summed E-state index contributed by atoms with van der Waals surface area (Å²) in [5, 5.41) is 0. The molecule has 0 fully saturated rings. The van der Waals surface area contributed by atoms with E-state index in [0.29, 0.717) is 45.0 Å². The first-order valence-electron chi connectivity index (χ1n) is 8.72. The third-order valence-electron chi connectivity index (χ3n) is 4.93. The number of aryl methyl sites for hydroxylation is 2. The maximum atomic E-state index is 2.46. The van der Waals surface area contributed by atoms with Gasteiger partial charge in [0.15, 0.2) is 0 Å². The normalized spacial score (nSPS) is 23.0. The maximum absolute atomic E-state index is 2.46. The minimum atomic E-state index is 0.321. The number of hydrogen-bond donors (Lipinski definition) is 0. The van der Waals surface area contributed by atoms with E-state index in [1.165, 1.54) is 11.1 Å². The minimum absolute atomic E-state index is 0.321. The summed E-state index contributed by atoms with van der Waals surface area (Å²) in [4.78, 5) is 0. The fraction of sp³-hybridized carbons (Fsp3) is 0.217. The van der Waals surface area contributed by atoms with E-state index >= 15 is 0 Å². The first kappa shape index (κ1) is 17.1. The zero-order valence-corrected chi connectivity index (χ0v) is 18.0. The first-order chi connectivity index (χ1) is 12.2. The molecule has 2 unspecified atom stereocenters. The summed E-state index contributed by atoms with van der Waals surface area (Å²) in [6.45, 7) is 4.53. The van der Waals surface area contributed by atoms with E-state index in [4.69, 9.17) is 0 Å². The summed E-state index contributed by atoms with van der Waals surface area (Å²) in [5.41, 5.74) is 2.89. The second-order valence-corrected chi connectivity index (χ2v) is 13.5. The summed E-state index contributed by atoms with van der Waals surface area (Å²) < 4.78 is 3.45. The molecule has 0 saturated heterocycles. The van der Waals surface area contributed by atoms with Crippen LogP contribution in [-0.2, 0) is 0 Å². The number of hydrogen-bond acceptors (Lipinski definition) is 0. The standard InChI is InChI=1S/C23H22Se2/c1-17-9-3-7-13-21(17)24-23(25-22-14-8-4-10-18(22)2)19-11-5-6-12-20(23)16-15-19/h3-16,19-20H,1-2H3. The van der Waals surface area contributed by atoms with Crippen molar-refractivity contribution in [2.75, 3.05) is 0 Å². The van der Waals surface area contributed by atoms with E-state index < -0.39 is 0 Å². The summed E-state index contributed by atoms with van der Waals surface area (Å²) in [7, 11) is 0. The van der Waals surface area contributed by atoms with Crippen molar-refractivity contribution < 1.29 is 0 Å². The molecular weight excluding hydrogens is 434 g/mol. The Labute approximate surface area is 163 Å². The van der Waals surface area contributed by atoms with Crippen LogP contribution in [0.15, 0.2) is 85.0 Å². The van der Waals surface area contributed by atoms with Crippen LogP contribution in [0.3, 0.4) is 0 Å². The predicted octanol–water partition coefficient (Wildman–Crippen LogP) is 3.71. The van der Waals surface area contributed by atoms with Crippen molar-refractivity contribution in [3.05, 3.63) is 96.1 Å². The summed E-state index contributed by atoms with van der Waals surface area (Å²) >= 11 is 0.858. The monoisotopic (exact) mass is 458 g/mol. The number of benzene rings is 2. The van der Waals surface area contributed by atoms with Gasteiger partial charge in [0.25, 0.3) is 0 Å². The third-order valence-corrected chi connectivity index (χ3v) is 13.2. The van der Waals surface area contributed by atoms with Crippen molar-refractivity contribution in [1.29, 1.82) is 0 Å². The molecule has 0 spiro atoms. The number of fused-ring (bicyclic) bond motifs is 2. The van der Waals surface area contributed by atoms with Crippen LogP contribution < -0.4 is 8.92 Å². The van der Waals surface area contributed by atoms with Gasteiger partial charge in [0.1, 0.15) is 0 Å². The summed E-state index contributed by atoms with van der Waals surface area (Å²) in [6, 6.07) is 18.0. The summed E-state index contributed by atoms with van der Waals surface area (Å²) in [5.74, 6) is 1.10. The predicted molar refractivity (Wildman–Crippen MR) is 110 cm³/mol. The molecule has 2 aromatic carbocycles. The molecular formula is C23H22Se2. The van der Waals surface area contributed by atoms with Crippen molar-refractivity contribution in [3.63, 3.8) is 0 Å². The fourth-order valence-electron chi connectivity index (χ4n) is 3.47. The van der Waals surface area contributed by atoms with Gasteiger partial charge in [-0.25, -0.2) is 0 Å². The Balaban J connectivity index is 1.79. The Morgan fingerprint density at radius 2 is 1.08 bits per heavy atom. The SMILES string of the molecule is Cc1ccccc1[Se]C1([Se]c2ccccc2C)C2C=CC=CC1C=C2. The van der Waals surface area contributed by atoms with E-state index in [2.05, 4.69) is 98.8 Å². The molecule has 0 saturated carbocycles. The van der Waals surface area contributed by atoms with Gasteiger partial charge in [-0.15, -0.1) is 0 Å². The van der Waals surface area contributed by atoms with Crippen molar-refractivity contribution >= 4 is 38.8 Å². The molecule has 0 N–H and O–H groups in total. The number of rotatable bonds is 4. The molecule has 2 bridgehead atoms. The van der Waals surface area contributed by atoms with E-state index in [9.17, 15) is 0 Å². The molecule has 2 aliphatic rings. The Hall–Kier alpha value is -1.30. The number of allylic oxidation sites excluding steroid dienone is 6. The van der Waals surface area contributed by atoms with Gasteiger partial charge in [-0.2, -0.15) is 0 Å². The third kappa shape index (κ3) is 3.25. The molecule has 0 heterocycles. The Bertz CT molecular complexity index is 788. The summed E-state index contributed by atoms with van der Waals surface area (Å²) in [6.07, 6.45) is 14.3. The van der Waals surface area contributed by atoms with Crippen molar-refractivity contribution in [3.8, 4) is 0 Å². The van der Waals surface area contributed by atoms with Crippen molar-refractivity contribution in [2.24, 2.45) is 11.8 Å². The van der Waals surface area contributed by atoms with Crippen LogP contribution in [0.4, 0.5) is 0 Å². The van der Waals surface area contributed by atoms with Crippen LogP contribution in [0.1, 0.15) is 11.1 Å². The molecule has 0 amide bonds. The molecule has 2 aliphatic carbocycles. The molecule has 0 radical (unpaired) electrons.